The zero-order chi connectivity index (χ0) is 22.6. The molecule has 168 valence electrons. The standard InChI is InChI=1S/C20H22F3N3O5/c1-30-15-4-2-13(3-5-15)11-26-19(29)18(20(21,22)23)16(10-24-26)25-8-6-14(25)12-31-9-7-17(27)28/h2-5,10,14H,6-9,11-12H2,1H3,(H,27,28)/t14-/m1/s1. The van der Waals surface area contributed by atoms with Crippen LogP contribution in [0.1, 0.15) is 24.0 Å². The molecule has 1 aromatic carbocycles. The van der Waals surface area contributed by atoms with Gasteiger partial charge in [0.25, 0.3) is 5.56 Å². The molecule has 2 heterocycles. The summed E-state index contributed by atoms with van der Waals surface area (Å²) in [6.07, 6.45) is -3.43. The van der Waals surface area contributed by atoms with Gasteiger partial charge < -0.3 is 19.5 Å². The Morgan fingerprint density at radius 1 is 1.29 bits per heavy atom. The number of rotatable bonds is 9. The third kappa shape index (κ3) is 5.35. The number of carboxylic acids is 1. The van der Waals surface area contributed by atoms with Gasteiger partial charge in [-0.1, -0.05) is 12.1 Å². The van der Waals surface area contributed by atoms with Crippen molar-refractivity contribution in [3.05, 3.63) is 51.9 Å². The normalized spacial score (nSPS) is 16.1. The van der Waals surface area contributed by atoms with Crippen molar-refractivity contribution in [3.63, 3.8) is 0 Å². The highest BCUT2D eigenvalue weighted by atomic mass is 19.4. The summed E-state index contributed by atoms with van der Waals surface area (Å²) in [5.74, 6) is -0.431. The third-order valence-corrected chi connectivity index (χ3v) is 5.02. The molecule has 1 aliphatic heterocycles. The van der Waals surface area contributed by atoms with Crippen LogP contribution in [0.3, 0.4) is 0 Å². The molecule has 8 nitrogen and oxygen atoms in total. The molecule has 0 amide bonds. The summed E-state index contributed by atoms with van der Waals surface area (Å²) in [7, 11) is 1.50. The molecule has 1 atom stereocenters. The van der Waals surface area contributed by atoms with E-state index in [0.717, 1.165) is 10.9 Å². The van der Waals surface area contributed by atoms with Crippen molar-refractivity contribution < 1.29 is 32.5 Å². The maximum absolute atomic E-state index is 13.8. The number of hydrogen-bond donors (Lipinski definition) is 1. The molecule has 1 aliphatic rings. The molecule has 0 unspecified atom stereocenters. The lowest BCUT2D eigenvalue weighted by atomic mass is 10.0. The number of carboxylic acid groups (broad SMARTS) is 1. The number of hydrogen-bond acceptors (Lipinski definition) is 6. The van der Waals surface area contributed by atoms with Gasteiger partial charge in [0, 0.05) is 6.54 Å². The van der Waals surface area contributed by atoms with Crippen LogP contribution in [0.15, 0.2) is 35.3 Å². The molecule has 1 N–H and O–H groups in total. The Labute approximate surface area is 175 Å². The zero-order valence-corrected chi connectivity index (χ0v) is 16.8. The number of aromatic nitrogens is 2. The fraction of sp³-hybridized carbons (Fsp3) is 0.450. The van der Waals surface area contributed by atoms with Crippen LogP contribution in [0.4, 0.5) is 18.9 Å². The molecule has 0 spiro atoms. The second-order valence-electron chi connectivity index (χ2n) is 7.07. The number of anilines is 1. The molecule has 1 aromatic heterocycles. The Morgan fingerprint density at radius 3 is 2.55 bits per heavy atom. The molecule has 1 fully saturated rings. The van der Waals surface area contributed by atoms with Gasteiger partial charge in [-0.05, 0) is 24.1 Å². The van der Waals surface area contributed by atoms with Crippen molar-refractivity contribution in [2.75, 3.05) is 31.8 Å². The Morgan fingerprint density at radius 2 is 2.00 bits per heavy atom. The van der Waals surface area contributed by atoms with Crippen LogP contribution in [0, 0.1) is 0 Å². The first kappa shape index (κ1) is 22.6. The number of ether oxygens (including phenoxy) is 2. The highest BCUT2D eigenvalue weighted by Gasteiger charge is 2.42. The molecule has 1 saturated heterocycles. The third-order valence-electron chi connectivity index (χ3n) is 5.02. The van der Waals surface area contributed by atoms with Gasteiger partial charge in [0.15, 0.2) is 0 Å². The van der Waals surface area contributed by atoms with Crippen molar-refractivity contribution >= 4 is 11.7 Å². The van der Waals surface area contributed by atoms with Crippen molar-refractivity contribution in [3.8, 4) is 5.75 Å². The summed E-state index contributed by atoms with van der Waals surface area (Å²) in [5.41, 5.74) is -2.18. The molecule has 0 aliphatic carbocycles. The van der Waals surface area contributed by atoms with Gasteiger partial charge >= 0.3 is 12.1 Å². The van der Waals surface area contributed by atoms with Crippen LogP contribution >= 0.6 is 0 Å². The van der Waals surface area contributed by atoms with E-state index in [1.165, 1.54) is 12.0 Å². The summed E-state index contributed by atoms with van der Waals surface area (Å²) >= 11 is 0. The highest BCUT2D eigenvalue weighted by Crippen LogP contribution is 2.37. The van der Waals surface area contributed by atoms with Crippen molar-refractivity contribution in [1.82, 2.24) is 9.78 Å². The summed E-state index contributed by atoms with van der Waals surface area (Å²) < 4.78 is 52.5. The average Bonchev–Trinajstić information content (AvgIpc) is 2.68. The van der Waals surface area contributed by atoms with E-state index in [-0.39, 0.29) is 37.9 Å². The van der Waals surface area contributed by atoms with Crippen LogP contribution in [0.25, 0.3) is 0 Å². The van der Waals surface area contributed by atoms with E-state index in [9.17, 15) is 22.8 Å². The van der Waals surface area contributed by atoms with E-state index in [1.807, 2.05) is 0 Å². The Kier molecular flexibility index (Phi) is 6.84. The number of methoxy groups -OCH3 is 1. The first-order valence-corrected chi connectivity index (χ1v) is 9.57. The minimum Gasteiger partial charge on any atom is -0.497 e. The van der Waals surface area contributed by atoms with Gasteiger partial charge in [-0.15, -0.1) is 0 Å². The largest absolute Gasteiger partial charge is 0.497 e. The van der Waals surface area contributed by atoms with Crippen LogP contribution in [-0.4, -0.2) is 53.8 Å². The van der Waals surface area contributed by atoms with Gasteiger partial charge in [-0.2, -0.15) is 18.3 Å². The molecular formula is C20H22F3N3O5. The molecule has 0 radical (unpaired) electrons. The number of carbonyl (C=O) groups is 1. The molecule has 11 heteroatoms. The number of benzene rings is 1. The molecular weight excluding hydrogens is 419 g/mol. The Hall–Kier alpha value is -3.08. The maximum atomic E-state index is 13.8. The summed E-state index contributed by atoms with van der Waals surface area (Å²) in [5, 5.41) is 12.6. The van der Waals surface area contributed by atoms with E-state index in [2.05, 4.69) is 5.10 Å². The number of halogens is 3. The second-order valence-corrected chi connectivity index (χ2v) is 7.07. The minimum atomic E-state index is -4.86. The SMILES string of the molecule is COc1ccc(Cn2ncc(N3CC[C@@H]3COCCC(=O)O)c(C(F)(F)F)c2=O)cc1. The van der Waals surface area contributed by atoms with Gasteiger partial charge in [0.05, 0.1) is 51.2 Å². The smallest absolute Gasteiger partial charge is 0.423 e. The van der Waals surface area contributed by atoms with Gasteiger partial charge in [-0.25, -0.2) is 4.68 Å². The Bertz CT molecular complexity index is 976. The van der Waals surface area contributed by atoms with Gasteiger partial charge in [-0.3, -0.25) is 9.59 Å². The molecule has 0 bridgehead atoms. The van der Waals surface area contributed by atoms with E-state index in [1.54, 1.807) is 24.3 Å². The molecule has 3 rings (SSSR count). The van der Waals surface area contributed by atoms with Crippen LogP contribution < -0.4 is 15.2 Å². The van der Waals surface area contributed by atoms with E-state index < -0.39 is 23.3 Å². The van der Waals surface area contributed by atoms with Crippen molar-refractivity contribution in [2.45, 2.75) is 31.6 Å². The fourth-order valence-electron chi connectivity index (χ4n) is 3.29. The highest BCUT2D eigenvalue weighted by molar-refractivity contribution is 5.66. The second kappa shape index (κ2) is 9.38. The van der Waals surface area contributed by atoms with Gasteiger partial charge in [0.1, 0.15) is 11.3 Å². The predicted molar refractivity (Wildman–Crippen MR) is 104 cm³/mol. The lowest BCUT2D eigenvalue weighted by Gasteiger charge is -2.43. The van der Waals surface area contributed by atoms with Gasteiger partial charge in [0.2, 0.25) is 0 Å². The first-order chi connectivity index (χ1) is 14.7. The van der Waals surface area contributed by atoms with Crippen LogP contribution in [-0.2, 0) is 22.3 Å². The van der Waals surface area contributed by atoms with E-state index >= 15 is 0 Å². The molecule has 2 aromatic rings. The first-order valence-electron chi connectivity index (χ1n) is 9.57. The molecule has 0 saturated carbocycles. The lowest BCUT2D eigenvalue weighted by molar-refractivity contribution is -0.139. The van der Waals surface area contributed by atoms with Crippen molar-refractivity contribution in [2.24, 2.45) is 0 Å². The quantitative estimate of drug-likeness (QED) is 0.597. The maximum Gasteiger partial charge on any atom is 0.423 e. The average molecular weight is 441 g/mol. The number of alkyl halides is 3. The van der Waals surface area contributed by atoms with Crippen LogP contribution in [0.2, 0.25) is 0 Å². The topological polar surface area (TPSA) is 93.9 Å². The summed E-state index contributed by atoms with van der Waals surface area (Å²) in [6.45, 7) is 0.237. The zero-order valence-electron chi connectivity index (χ0n) is 16.8. The molecule has 31 heavy (non-hydrogen) atoms. The Balaban J connectivity index is 1.82. The van der Waals surface area contributed by atoms with E-state index in [0.29, 0.717) is 24.3 Å². The fourth-order valence-corrected chi connectivity index (χ4v) is 3.29. The predicted octanol–water partition coefficient (Wildman–Crippen LogP) is 2.39. The summed E-state index contributed by atoms with van der Waals surface area (Å²) in [6, 6.07) is 6.21. The lowest BCUT2D eigenvalue weighted by Crippen LogP contribution is -2.52. The van der Waals surface area contributed by atoms with E-state index in [4.69, 9.17) is 14.6 Å². The summed E-state index contributed by atoms with van der Waals surface area (Å²) in [4.78, 5) is 24.6. The van der Waals surface area contributed by atoms with Crippen molar-refractivity contribution in [1.29, 1.82) is 0 Å². The van der Waals surface area contributed by atoms with Crippen LogP contribution in [0.5, 0.6) is 5.75 Å². The number of aliphatic carboxylic acids is 1. The minimum absolute atomic E-state index is 0.0342. The monoisotopic (exact) mass is 441 g/mol. The number of nitrogens with zero attached hydrogens (tertiary/aromatic N) is 3.